The Labute approximate surface area is 263 Å². The van der Waals surface area contributed by atoms with E-state index in [0.29, 0.717) is 0 Å². The van der Waals surface area contributed by atoms with Gasteiger partial charge in [0, 0.05) is 0 Å². The highest BCUT2D eigenvalue weighted by atomic mass is 16.7. The van der Waals surface area contributed by atoms with Crippen LogP contribution >= 0.6 is 0 Å². The molecular weight excluding hydrogens is 596 g/mol. The molecule has 0 amide bonds. The van der Waals surface area contributed by atoms with Crippen LogP contribution in [0.3, 0.4) is 0 Å². The molecule has 0 radical (unpaired) electrons. The van der Waals surface area contributed by atoms with Crippen molar-refractivity contribution in [3.05, 3.63) is 144 Å². The van der Waals surface area contributed by atoms with Crippen LogP contribution in [0.4, 0.5) is 0 Å². The lowest BCUT2D eigenvalue weighted by molar-refractivity contribution is -0.277. The Morgan fingerprint density at radius 3 is 1.15 bits per heavy atom. The lowest BCUT2D eigenvalue weighted by atomic mass is 9.97. The number of hydrogen-bond acceptors (Lipinski definition) is 11. The molecule has 5 rings (SSSR count). The van der Waals surface area contributed by atoms with E-state index < -0.39 is 60.6 Å². The average Bonchev–Trinajstić information content (AvgIpc) is 3.11. The molecule has 11 heteroatoms. The van der Waals surface area contributed by atoms with Gasteiger partial charge < -0.3 is 28.4 Å². The smallest absolute Gasteiger partial charge is 0.340 e. The van der Waals surface area contributed by atoms with Gasteiger partial charge in [0.25, 0.3) is 0 Å². The van der Waals surface area contributed by atoms with Gasteiger partial charge in [-0.3, -0.25) is 0 Å². The lowest BCUT2D eigenvalue weighted by Crippen LogP contribution is -2.64. The van der Waals surface area contributed by atoms with Crippen LogP contribution in [0.1, 0.15) is 41.4 Å². The van der Waals surface area contributed by atoms with Gasteiger partial charge in [0.05, 0.1) is 29.4 Å². The van der Waals surface area contributed by atoms with Gasteiger partial charge >= 0.3 is 29.8 Å². The van der Waals surface area contributed by atoms with Gasteiger partial charge in [-0.15, -0.1) is 0 Å². The van der Waals surface area contributed by atoms with E-state index in [1.54, 1.807) is 72.8 Å². The molecule has 1 aliphatic rings. The molecule has 5 atom stereocenters. The fourth-order valence-electron chi connectivity index (χ4n) is 4.65. The maximum Gasteiger partial charge on any atom is 0.340 e. The molecule has 2 unspecified atom stereocenters. The number of benzene rings is 4. The van der Waals surface area contributed by atoms with Gasteiger partial charge in [0.15, 0.2) is 18.3 Å². The number of methoxy groups -OCH3 is 1. The molecule has 46 heavy (non-hydrogen) atoms. The second-order valence-corrected chi connectivity index (χ2v) is 9.93. The van der Waals surface area contributed by atoms with Crippen molar-refractivity contribution in [2.45, 2.75) is 30.7 Å². The van der Waals surface area contributed by atoms with Crippen LogP contribution in [0, 0.1) is 0 Å². The van der Waals surface area contributed by atoms with Crippen LogP contribution < -0.4 is 0 Å². The Morgan fingerprint density at radius 2 is 0.783 bits per heavy atom. The molecule has 4 aromatic rings. The van der Waals surface area contributed by atoms with Crippen molar-refractivity contribution >= 4 is 29.8 Å². The molecule has 11 nitrogen and oxygen atoms in total. The summed E-state index contributed by atoms with van der Waals surface area (Å²) in [5.41, 5.74) is 0.429. The first-order chi connectivity index (χ1) is 22.4. The summed E-state index contributed by atoms with van der Waals surface area (Å²) >= 11 is 0. The molecule has 1 fully saturated rings. The molecule has 1 saturated heterocycles. The van der Waals surface area contributed by atoms with E-state index in [-0.39, 0.29) is 22.3 Å². The van der Waals surface area contributed by atoms with E-state index in [0.717, 1.165) is 7.11 Å². The fourth-order valence-corrected chi connectivity index (χ4v) is 4.65. The first kappa shape index (κ1) is 31.6. The number of carbonyl (C=O) groups excluding carboxylic acids is 5. The first-order valence-electron chi connectivity index (χ1n) is 14.1. The lowest BCUT2D eigenvalue weighted by Gasteiger charge is -2.43. The molecule has 1 heterocycles. The average molecular weight is 625 g/mol. The van der Waals surface area contributed by atoms with Crippen LogP contribution in [0.2, 0.25) is 0 Å². The third-order valence-electron chi connectivity index (χ3n) is 6.92. The van der Waals surface area contributed by atoms with Crippen molar-refractivity contribution in [2.75, 3.05) is 7.11 Å². The van der Waals surface area contributed by atoms with Crippen molar-refractivity contribution < 1.29 is 52.4 Å². The fraction of sp³-hybridized carbons (Fsp3) is 0.171. The van der Waals surface area contributed by atoms with Crippen LogP contribution in [-0.2, 0) is 33.2 Å². The van der Waals surface area contributed by atoms with E-state index in [9.17, 15) is 24.0 Å². The van der Waals surface area contributed by atoms with E-state index in [1.807, 2.05) is 0 Å². The van der Waals surface area contributed by atoms with Gasteiger partial charge in [-0.2, -0.15) is 0 Å². The molecule has 0 aromatic heterocycles. The third-order valence-corrected chi connectivity index (χ3v) is 6.92. The summed E-state index contributed by atoms with van der Waals surface area (Å²) in [5, 5.41) is 0. The van der Waals surface area contributed by atoms with Crippen molar-refractivity contribution in [3.8, 4) is 0 Å². The predicted octanol–water partition coefficient (Wildman–Crippen LogP) is 4.42. The van der Waals surface area contributed by atoms with Crippen molar-refractivity contribution in [1.29, 1.82) is 0 Å². The topological polar surface area (TPSA) is 141 Å². The predicted molar refractivity (Wildman–Crippen MR) is 159 cm³/mol. The zero-order chi connectivity index (χ0) is 32.5. The number of ether oxygens (including phenoxy) is 6. The molecule has 4 aromatic carbocycles. The summed E-state index contributed by atoms with van der Waals surface area (Å²) in [6, 6.07) is 31.4. The second-order valence-electron chi connectivity index (χ2n) is 9.93. The highest BCUT2D eigenvalue weighted by Gasteiger charge is 2.57. The van der Waals surface area contributed by atoms with E-state index >= 15 is 0 Å². The normalized spacial score (nSPS) is 20.4. The van der Waals surface area contributed by atoms with Crippen LogP contribution in [-0.4, -0.2) is 67.7 Å². The Hall–Kier alpha value is -5.81. The van der Waals surface area contributed by atoms with E-state index in [4.69, 9.17) is 28.4 Å². The van der Waals surface area contributed by atoms with Gasteiger partial charge in [0.2, 0.25) is 12.4 Å². The molecular formula is C35H28O11. The largest absolute Gasteiger partial charge is 0.467 e. The summed E-state index contributed by atoms with van der Waals surface area (Å²) in [6.45, 7) is 0. The Bertz CT molecular complexity index is 1660. The number of esters is 5. The first-order valence-corrected chi connectivity index (χ1v) is 14.1. The zero-order valence-electron chi connectivity index (χ0n) is 24.4. The highest BCUT2D eigenvalue weighted by molar-refractivity contribution is 5.92. The number of rotatable bonds is 9. The van der Waals surface area contributed by atoms with Crippen LogP contribution in [0.25, 0.3) is 0 Å². The monoisotopic (exact) mass is 624 g/mol. The quantitative estimate of drug-likeness (QED) is 0.193. The number of carbonyl (C=O) groups is 5. The molecule has 234 valence electrons. The molecule has 0 spiro atoms. The SMILES string of the molecule is COC(=O)C1O[C@H](OC(=O)c2ccccc2)C(OC(=O)c2ccccc2)[C@H](OC(=O)c2ccccc2)[C@@H]1OC(=O)c1ccccc1. The minimum Gasteiger partial charge on any atom is -0.467 e. The minimum absolute atomic E-state index is 0.0997. The van der Waals surface area contributed by atoms with Gasteiger partial charge in [-0.1, -0.05) is 72.8 Å². The van der Waals surface area contributed by atoms with E-state index in [1.165, 1.54) is 48.5 Å². The summed E-state index contributed by atoms with van der Waals surface area (Å²) < 4.78 is 33.8. The summed E-state index contributed by atoms with van der Waals surface area (Å²) in [4.78, 5) is 66.4. The van der Waals surface area contributed by atoms with Crippen molar-refractivity contribution in [3.63, 3.8) is 0 Å². The van der Waals surface area contributed by atoms with Crippen LogP contribution in [0.5, 0.6) is 0 Å². The Kier molecular flexibility index (Phi) is 10.2. The highest BCUT2D eigenvalue weighted by Crippen LogP contribution is 2.32. The van der Waals surface area contributed by atoms with E-state index in [2.05, 4.69) is 0 Å². The summed E-state index contributed by atoms with van der Waals surface area (Å²) in [6.07, 6.45) is -8.81. The standard InChI is InChI=1S/C35H28O11/c1-41-34(40)28-26(42-30(36)22-14-6-2-7-15-22)27(43-31(37)23-16-8-3-9-17-23)29(44-32(38)24-18-10-4-11-19-24)35(45-28)46-33(39)25-20-12-5-13-21-25/h2-21,26-29,35H,1H3/t26-,27+,28?,29?,35+/m0/s1. The van der Waals surface area contributed by atoms with Crippen molar-refractivity contribution in [1.82, 2.24) is 0 Å². The zero-order valence-corrected chi connectivity index (χ0v) is 24.4. The third kappa shape index (κ3) is 7.45. The second kappa shape index (κ2) is 14.8. The van der Waals surface area contributed by atoms with Gasteiger partial charge in [-0.25, -0.2) is 24.0 Å². The molecule has 0 aliphatic carbocycles. The number of hydrogen-bond donors (Lipinski definition) is 0. The molecule has 0 N–H and O–H groups in total. The summed E-state index contributed by atoms with van der Waals surface area (Å²) in [7, 11) is 1.07. The minimum atomic E-state index is -1.83. The van der Waals surface area contributed by atoms with Crippen LogP contribution in [0.15, 0.2) is 121 Å². The maximum atomic E-state index is 13.4. The van der Waals surface area contributed by atoms with Gasteiger partial charge in [0.1, 0.15) is 0 Å². The Balaban J connectivity index is 1.58. The molecule has 0 bridgehead atoms. The molecule has 1 aliphatic heterocycles. The maximum absolute atomic E-state index is 13.4. The summed E-state index contributed by atoms with van der Waals surface area (Å²) in [5.74, 6) is -4.66. The molecule has 0 saturated carbocycles. The Morgan fingerprint density at radius 1 is 0.457 bits per heavy atom. The van der Waals surface area contributed by atoms with Crippen molar-refractivity contribution in [2.24, 2.45) is 0 Å². The van der Waals surface area contributed by atoms with Gasteiger partial charge in [-0.05, 0) is 48.5 Å².